The van der Waals surface area contributed by atoms with Crippen LogP contribution in [0.2, 0.25) is 0 Å². The van der Waals surface area contributed by atoms with Crippen LogP contribution in [0.4, 0.5) is 0 Å². The largest absolute Gasteiger partial charge is 0.465 e. The lowest BCUT2D eigenvalue weighted by Crippen LogP contribution is -2.33. The van der Waals surface area contributed by atoms with Crippen molar-refractivity contribution in [1.29, 1.82) is 0 Å². The van der Waals surface area contributed by atoms with E-state index in [-0.39, 0.29) is 12.5 Å². The van der Waals surface area contributed by atoms with Crippen LogP contribution in [0.25, 0.3) is 0 Å². The van der Waals surface area contributed by atoms with Gasteiger partial charge in [0.25, 0.3) is 5.91 Å². The van der Waals surface area contributed by atoms with Gasteiger partial charge in [-0.3, -0.25) is 9.59 Å². The lowest BCUT2D eigenvalue weighted by Gasteiger charge is -2.18. The highest BCUT2D eigenvalue weighted by Crippen LogP contribution is 2.14. The molecule has 1 aromatic carbocycles. The van der Waals surface area contributed by atoms with Crippen molar-refractivity contribution in [2.24, 2.45) is 0 Å². The number of carbonyl (C=O) groups is 2. The summed E-state index contributed by atoms with van der Waals surface area (Å²) in [6.45, 7) is 5.90. The number of benzene rings is 1. The van der Waals surface area contributed by atoms with Crippen molar-refractivity contribution in [1.82, 2.24) is 4.90 Å². The number of likely N-dealkylation sites (N-methyl/N-ethyl adjacent to an activating group) is 1. The molecule has 0 N–H and O–H groups in total. The second-order valence-electron chi connectivity index (χ2n) is 4.21. The number of nitrogens with zero attached hydrogens (tertiary/aromatic N) is 1. The number of aryl methyl sites for hydroxylation is 1. The molecule has 0 saturated carbocycles. The third-order valence-electron chi connectivity index (χ3n) is 2.85. The Morgan fingerprint density at radius 2 is 1.94 bits per heavy atom. The highest BCUT2D eigenvalue weighted by molar-refractivity contribution is 5.97. The number of rotatable bonds is 4. The molecule has 98 valence electrons. The number of hydrogen-bond acceptors (Lipinski definition) is 3. The minimum absolute atomic E-state index is 0.0277. The van der Waals surface area contributed by atoms with Crippen LogP contribution in [-0.2, 0) is 9.53 Å². The molecule has 0 aliphatic carbocycles. The molecule has 18 heavy (non-hydrogen) atoms. The molecule has 1 aromatic rings. The summed E-state index contributed by atoms with van der Waals surface area (Å²) < 4.78 is 4.82. The monoisotopic (exact) mass is 249 g/mol. The van der Waals surface area contributed by atoms with Crippen molar-refractivity contribution < 1.29 is 14.3 Å². The fourth-order valence-corrected chi connectivity index (χ4v) is 1.66. The van der Waals surface area contributed by atoms with E-state index in [4.69, 9.17) is 4.74 Å². The summed E-state index contributed by atoms with van der Waals surface area (Å²) in [7, 11) is 1.60. The van der Waals surface area contributed by atoms with Gasteiger partial charge in [0, 0.05) is 12.6 Å². The zero-order chi connectivity index (χ0) is 13.7. The van der Waals surface area contributed by atoms with Crippen molar-refractivity contribution in [2.75, 3.05) is 20.2 Å². The van der Waals surface area contributed by atoms with E-state index in [1.165, 1.54) is 4.90 Å². The first-order valence-corrected chi connectivity index (χ1v) is 5.94. The lowest BCUT2D eigenvalue weighted by molar-refractivity contribution is -0.143. The molecule has 1 rings (SSSR count). The second kappa shape index (κ2) is 6.19. The van der Waals surface area contributed by atoms with Gasteiger partial charge in [-0.25, -0.2) is 0 Å². The normalized spacial score (nSPS) is 10.0. The van der Waals surface area contributed by atoms with Crippen LogP contribution < -0.4 is 0 Å². The van der Waals surface area contributed by atoms with E-state index in [1.54, 1.807) is 20.0 Å². The average Bonchev–Trinajstić information content (AvgIpc) is 2.32. The van der Waals surface area contributed by atoms with E-state index in [0.717, 1.165) is 11.1 Å². The number of ether oxygens (including phenoxy) is 1. The second-order valence-corrected chi connectivity index (χ2v) is 4.21. The number of amides is 1. The van der Waals surface area contributed by atoms with Gasteiger partial charge in [-0.05, 0) is 38.0 Å². The Hall–Kier alpha value is -1.84. The summed E-state index contributed by atoms with van der Waals surface area (Å²) in [6.07, 6.45) is 0. The number of esters is 1. The molecular formula is C14H19NO3. The van der Waals surface area contributed by atoms with Crippen LogP contribution in [0.3, 0.4) is 0 Å². The fourth-order valence-electron chi connectivity index (χ4n) is 1.66. The van der Waals surface area contributed by atoms with Gasteiger partial charge in [0.15, 0.2) is 0 Å². The molecule has 0 aliphatic heterocycles. The fraction of sp³-hybridized carbons (Fsp3) is 0.429. The Morgan fingerprint density at radius 3 is 2.56 bits per heavy atom. The first-order chi connectivity index (χ1) is 8.47. The zero-order valence-electron chi connectivity index (χ0n) is 11.3. The van der Waals surface area contributed by atoms with E-state index in [2.05, 4.69) is 0 Å². The molecule has 4 heteroatoms. The van der Waals surface area contributed by atoms with Gasteiger partial charge in [0.05, 0.1) is 6.61 Å². The Labute approximate surface area is 108 Å². The Kier molecular flexibility index (Phi) is 4.89. The average molecular weight is 249 g/mol. The van der Waals surface area contributed by atoms with E-state index in [0.29, 0.717) is 12.2 Å². The van der Waals surface area contributed by atoms with Gasteiger partial charge in [0.1, 0.15) is 6.54 Å². The minimum atomic E-state index is -0.390. The SMILES string of the molecule is CCOC(=O)CN(C)C(=O)c1cccc(C)c1C. The zero-order valence-corrected chi connectivity index (χ0v) is 11.3. The molecule has 0 aromatic heterocycles. The van der Waals surface area contributed by atoms with E-state index >= 15 is 0 Å². The molecule has 0 aliphatic rings. The first kappa shape index (κ1) is 14.2. The van der Waals surface area contributed by atoms with Crippen LogP contribution in [0, 0.1) is 13.8 Å². The quantitative estimate of drug-likeness (QED) is 0.766. The molecule has 0 heterocycles. The van der Waals surface area contributed by atoms with Crippen molar-refractivity contribution >= 4 is 11.9 Å². The van der Waals surface area contributed by atoms with E-state index < -0.39 is 5.97 Å². The highest BCUT2D eigenvalue weighted by Gasteiger charge is 2.17. The van der Waals surface area contributed by atoms with Gasteiger partial charge in [0.2, 0.25) is 0 Å². The molecule has 0 atom stereocenters. The third kappa shape index (κ3) is 3.32. The summed E-state index contributed by atoms with van der Waals surface area (Å²) in [4.78, 5) is 24.9. The summed E-state index contributed by atoms with van der Waals surface area (Å²) in [5.74, 6) is -0.553. The van der Waals surface area contributed by atoms with Gasteiger partial charge in [-0.2, -0.15) is 0 Å². The Balaban J connectivity index is 2.81. The lowest BCUT2D eigenvalue weighted by atomic mass is 10.0. The maximum atomic E-state index is 12.2. The van der Waals surface area contributed by atoms with Gasteiger partial charge >= 0.3 is 5.97 Å². The molecule has 0 fully saturated rings. The topological polar surface area (TPSA) is 46.6 Å². The summed E-state index contributed by atoms with van der Waals surface area (Å²) in [5, 5.41) is 0. The highest BCUT2D eigenvalue weighted by atomic mass is 16.5. The van der Waals surface area contributed by atoms with Crippen LogP contribution >= 0.6 is 0 Å². The van der Waals surface area contributed by atoms with E-state index in [1.807, 2.05) is 26.0 Å². The van der Waals surface area contributed by atoms with E-state index in [9.17, 15) is 9.59 Å². The van der Waals surface area contributed by atoms with Crippen LogP contribution in [0.5, 0.6) is 0 Å². The first-order valence-electron chi connectivity index (χ1n) is 5.94. The summed E-state index contributed by atoms with van der Waals surface area (Å²) >= 11 is 0. The molecule has 0 radical (unpaired) electrons. The Morgan fingerprint density at radius 1 is 1.28 bits per heavy atom. The van der Waals surface area contributed by atoms with Crippen molar-refractivity contribution in [3.63, 3.8) is 0 Å². The third-order valence-corrected chi connectivity index (χ3v) is 2.85. The predicted octanol–water partition coefficient (Wildman–Crippen LogP) is 1.94. The van der Waals surface area contributed by atoms with Crippen molar-refractivity contribution in [2.45, 2.75) is 20.8 Å². The molecule has 1 amide bonds. The van der Waals surface area contributed by atoms with Crippen molar-refractivity contribution in [3.05, 3.63) is 34.9 Å². The number of hydrogen-bond donors (Lipinski definition) is 0. The molecule has 0 unspecified atom stereocenters. The summed E-state index contributed by atoms with van der Waals surface area (Å²) in [6, 6.07) is 5.57. The predicted molar refractivity (Wildman–Crippen MR) is 69.5 cm³/mol. The maximum Gasteiger partial charge on any atom is 0.325 e. The van der Waals surface area contributed by atoms with Crippen molar-refractivity contribution in [3.8, 4) is 0 Å². The van der Waals surface area contributed by atoms with Crippen LogP contribution in [0.1, 0.15) is 28.4 Å². The smallest absolute Gasteiger partial charge is 0.325 e. The van der Waals surface area contributed by atoms with Crippen LogP contribution in [-0.4, -0.2) is 37.0 Å². The Bertz CT molecular complexity index is 454. The molecule has 0 bridgehead atoms. The van der Waals surface area contributed by atoms with Gasteiger partial charge in [-0.1, -0.05) is 12.1 Å². The van der Waals surface area contributed by atoms with Gasteiger partial charge < -0.3 is 9.64 Å². The standard InChI is InChI=1S/C14H19NO3/c1-5-18-13(16)9-15(4)14(17)12-8-6-7-10(2)11(12)3/h6-8H,5,9H2,1-4H3. The molecule has 4 nitrogen and oxygen atoms in total. The molecular weight excluding hydrogens is 230 g/mol. The number of carbonyl (C=O) groups excluding carboxylic acids is 2. The maximum absolute atomic E-state index is 12.2. The molecule has 0 saturated heterocycles. The van der Waals surface area contributed by atoms with Gasteiger partial charge in [-0.15, -0.1) is 0 Å². The molecule has 0 spiro atoms. The summed E-state index contributed by atoms with van der Waals surface area (Å²) in [5.41, 5.74) is 2.63. The minimum Gasteiger partial charge on any atom is -0.465 e. The van der Waals surface area contributed by atoms with Crippen LogP contribution in [0.15, 0.2) is 18.2 Å².